The van der Waals surface area contributed by atoms with Gasteiger partial charge in [-0.25, -0.2) is 0 Å². The molecule has 7 heteroatoms. The molecular weight excluding hydrogens is 244 g/mol. The molecule has 0 aromatic heterocycles. The molecule has 0 bridgehead atoms. The topological polar surface area (TPSA) is 86.7 Å². The van der Waals surface area contributed by atoms with Gasteiger partial charge in [0.15, 0.2) is 0 Å². The number of hydrogen-bond acceptors (Lipinski definition) is 3. The molecule has 0 radical (unpaired) electrons. The van der Waals surface area contributed by atoms with E-state index in [-0.39, 0.29) is 24.9 Å². The number of carbonyl (C=O) groups is 1. The third-order valence-corrected chi connectivity index (χ3v) is 4.20. The molecule has 2 N–H and O–H groups in total. The maximum atomic E-state index is 11.8. The van der Waals surface area contributed by atoms with Gasteiger partial charge in [-0.1, -0.05) is 20.8 Å². The summed E-state index contributed by atoms with van der Waals surface area (Å²) in [5.41, 5.74) is 0. The van der Waals surface area contributed by atoms with E-state index in [0.29, 0.717) is 6.42 Å². The predicted molar refractivity (Wildman–Crippen MR) is 65.9 cm³/mol. The first-order valence-electron chi connectivity index (χ1n) is 5.66. The van der Waals surface area contributed by atoms with Crippen LogP contribution >= 0.6 is 0 Å². The molecule has 102 valence electrons. The van der Waals surface area contributed by atoms with Crippen molar-refractivity contribution >= 4 is 16.2 Å². The maximum absolute atomic E-state index is 11.8. The Morgan fingerprint density at radius 3 is 2.29 bits per heavy atom. The van der Waals surface area contributed by atoms with Gasteiger partial charge in [0.1, 0.15) is 0 Å². The highest BCUT2D eigenvalue weighted by Crippen LogP contribution is 2.08. The molecule has 0 aliphatic heterocycles. The molecule has 0 spiro atoms. The van der Waals surface area contributed by atoms with Gasteiger partial charge < -0.3 is 5.11 Å². The minimum atomic E-state index is -3.59. The fourth-order valence-electron chi connectivity index (χ4n) is 1.35. The van der Waals surface area contributed by atoms with Gasteiger partial charge in [0.05, 0.1) is 6.42 Å². The summed E-state index contributed by atoms with van der Waals surface area (Å²) >= 11 is 0. The van der Waals surface area contributed by atoms with Crippen LogP contribution in [0.25, 0.3) is 0 Å². The van der Waals surface area contributed by atoms with E-state index in [0.717, 1.165) is 4.31 Å². The van der Waals surface area contributed by atoms with Crippen LogP contribution in [0.2, 0.25) is 0 Å². The fourth-order valence-corrected chi connectivity index (χ4v) is 2.68. The van der Waals surface area contributed by atoms with Gasteiger partial charge >= 0.3 is 5.97 Å². The number of carboxylic acid groups (broad SMARTS) is 1. The van der Waals surface area contributed by atoms with E-state index in [1.54, 1.807) is 0 Å². The molecule has 0 aromatic rings. The van der Waals surface area contributed by atoms with Gasteiger partial charge in [0, 0.05) is 19.6 Å². The number of carboxylic acids is 1. The maximum Gasteiger partial charge on any atom is 0.304 e. The summed E-state index contributed by atoms with van der Waals surface area (Å²) in [6, 6.07) is -0.132. The van der Waals surface area contributed by atoms with Crippen molar-refractivity contribution in [1.82, 2.24) is 9.03 Å². The lowest BCUT2D eigenvalue weighted by Gasteiger charge is -2.24. The van der Waals surface area contributed by atoms with Crippen molar-refractivity contribution in [2.45, 2.75) is 39.7 Å². The van der Waals surface area contributed by atoms with E-state index in [9.17, 15) is 13.2 Å². The van der Waals surface area contributed by atoms with Crippen molar-refractivity contribution in [3.63, 3.8) is 0 Å². The molecule has 0 rings (SSSR count). The molecule has 17 heavy (non-hydrogen) atoms. The van der Waals surface area contributed by atoms with E-state index in [4.69, 9.17) is 5.11 Å². The Labute approximate surface area is 103 Å². The summed E-state index contributed by atoms with van der Waals surface area (Å²) in [6.45, 7) is 5.76. The van der Waals surface area contributed by atoms with E-state index in [1.165, 1.54) is 7.05 Å². The Morgan fingerprint density at radius 2 is 1.94 bits per heavy atom. The van der Waals surface area contributed by atoms with Crippen LogP contribution in [0.3, 0.4) is 0 Å². The highest BCUT2D eigenvalue weighted by molar-refractivity contribution is 7.87. The van der Waals surface area contributed by atoms with Crippen molar-refractivity contribution in [3.05, 3.63) is 0 Å². The average Bonchev–Trinajstić information content (AvgIpc) is 2.21. The van der Waals surface area contributed by atoms with Crippen molar-refractivity contribution in [1.29, 1.82) is 0 Å². The molecule has 0 amide bonds. The molecule has 0 saturated heterocycles. The van der Waals surface area contributed by atoms with Crippen LogP contribution in [0.1, 0.15) is 33.6 Å². The Hall–Kier alpha value is -0.660. The number of aliphatic carboxylic acids is 1. The smallest absolute Gasteiger partial charge is 0.304 e. The lowest BCUT2D eigenvalue weighted by molar-refractivity contribution is -0.137. The lowest BCUT2D eigenvalue weighted by atomic mass is 10.0. The molecule has 1 unspecified atom stereocenters. The second-order valence-electron chi connectivity index (χ2n) is 4.35. The summed E-state index contributed by atoms with van der Waals surface area (Å²) in [7, 11) is -2.22. The van der Waals surface area contributed by atoms with Crippen LogP contribution in [0.15, 0.2) is 0 Å². The van der Waals surface area contributed by atoms with Crippen LogP contribution in [0, 0.1) is 5.92 Å². The number of nitrogens with one attached hydrogen (secondary N) is 1. The Morgan fingerprint density at radius 1 is 1.41 bits per heavy atom. The zero-order chi connectivity index (χ0) is 13.6. The Kier molecular flexibility index (Phi) is 6.66. The van der Waals surface area contributed by atoms with E-state index >= 15 is 0 Å². The normalized spacial score (nSPS) is 14.2. The van der Waals surface area contributed by atoms with Crippen molar-refractivity contribution in [3.8, 4) is 0 Å². The zero-order valence-electron chi connectivity index (χ0n) is 10.8. The summed E-state index contributed by atoms with van der Waals surface area (Å²) in [5.74, 6) is -0.814. The molecule has 0 heterocycles. The molecule has 0 aliphatic carbocycles. The van der Waals surface area contributed by atoms with E-state index in [2.05, 4.69) is 4.72 Å². The van der Waals surface area contributed by atoms with E-state index < -0.39 is 16.2 Å². The van der Waals surface area contributed by atoms with Gasteiger partial charge in [-0.2, -0.15) is 17.4 Å². The van der Waals surface area contributed by atoms with Crippen molar-refractivity contribution in [2.24, 2.45) is 5.92 Å². The largest absolute Gasteiger partial charge is 0.481 e. The average molecular weight is 266 g/mol. The SMILES string of the molecule is CCC(NS(=O)(=O)N(C)CCC(=O)O)C(C)C. The first-order chi connectivity index (χ1) is 7.70. The third kappa shape index (κ3) is 5.99. The molecule has 0 fully saturated rings. The zero-order valence-corrected chi connectivity index (χ0v) is 11.6. The number of rotatable bonds is 8. The molecule has 6 nitrogen and oxygen atoms in total. The molecule has 0 saturated carbocycles. The Bertz CT molecular complexity index is 340. The van der Waals surface area contributed by atoms with Crippen molar-refractivity contribution < 1.29 is 18.3 Å². The first-order valence-corrected chi connectivity index (χ1v) is 7.10. The minimum absolute atomic E-state index is 0.0286. The predicted octanol–water partition coefficient (Wildman–Crippen LogP) is 0.662. The molecular formula is C10H22N2O4S. The van der Waals surface area contributed by atoms with Crippen LogP contribution in [0.5, 0.6) is 0 Å². The summed E-state index contributed by atoms with van der Waals surface area (Å²) in [5, 5.41) is 8.50. The van der Waals surface area contributed by atoms with Gasteiger partial charge in [-0.15, -0.1) is 0 Å². The standard InChI is InChI=1S/C10H22N2O4S/c1-5-9(8(2)3)11-17(15,16)12(4)7-6-10(13)14/h8-9,11H,5-7H2,1-4H3,(H,13,14). The monoisotopic (exact) mass is 266 g/mol. The van der Waals surface area contributed by atoms with Crippen LogP contribution in [-0.2, 0) is 15.0 Å². The molecule has 0 aromatic carbocycles. The Balaban J connectivity index is 4.50. The van der Waals surface area contributed by atoms with Crippen molar-refractivity contribution in [2.75, 3.05) is 13.6 Å². The second-order valence-corrected chi connectivity index (χ2v) is 6.16. The second kappa shape index (κ2) is 6.93. The lowest BCUT2D eigenvalue weighted by Crippen LogP contribution is -2.46. The number of hydrogen-bond donors (Lipinski definition) is 2. The summed E-state index contributed by atoms with van der Waals surface area (Å²) in [6.07, 6.45) is 0.500. The van der Waals surface area contributed by atoms with Gasteiger partial charge in [0.2, 0.25) is 0 Å². The van der Waals surface area contributed by atoms with Gasteiger partial charge in [-0.3, -0.25) is 4.79 Å². The van der Waals surface area contributed by atoms with E-state index in [1.807, 2.05) is 20.8 Å². The first kappa shape index (κ1) is 16.3. The van der Waals surface area contributed by atoms with Crippen LogP contribution < -0.4 is 4.72 Å². The summed E-state index contributed by atoms with van der Waals surface area (Å²) in [4.78, 5) is 10.4. The molecule has 1 atom stereocenters. The quantitative estimate of drug-likeness (QED) is 0.675. The number of nitrogens with zero attached hydrogens (tertiary/aromatic N) is 1. The van der Waals surface area contributed by atoms with Gasteiger partial charge in [0.25, 0.3) is 10.2 Å². The van der Waals surface area contributed by atoms with Crippen LogP contribution in [0.4, 0.5) is 0 Å². The summed E-state index contributed by atoms with van der Waals surface area (Å²) < 4.78 is 27.3. The van der Waals surface area contributed by atoms with Crippen LogP contribution in [-0.4, -0.2) is 43.4 Å². The highest BCUT2D eigenvalue weighted by atomic mass is 32.2. The van der Waals surface area contributed by atoms with Gasteiger partial charge in [-0.05, 0) is 12.3 Å². The highest BCUT2D eigenvalue weighted by Gasteiger charge is 2.23. The fraction of sp³-hybridized carbons (Fsp3) is 0.900. The third-order valence-electron chi connectivity index (χ3n) is 2.60. The molecule has 0 aliphatic rings. The minimum Gasteiger partial charge on any atom is -0.481 e.